The SMILES string of the molecule is O=C(NCCN1Cc2ccccc2C1)[C@@H]1COCCO1. The van der Waals surface area contributed by atoms with Crippen LogP contribution in [0.25, 0.3) is 0 Å². The lowest BCUT2D eigenvalue weighted by molar-refractivity contribution is -0.147. The molecule has 3 rings (SSSR count). The third-order valence-electron chi connectivity index (χ3n) is 3.74. The van der Waals surface area contributed by atoms with Crippen molar-refractivity contribution in [3.05, 3.63) is 35.4 Å². The highest BCUT2D eigenvalue weighted by Crippen LogP contribution is 2.21. The minimum atomic E-state index is -0.445. The van der Waals surface area contributed by atoms with E-state index in [1.54, 1.807) is 0 Å². The fourth-order valence-corrected chi connectivity index (χ4v) is 2.65. The number of nitrogens with zero attached hydrogens (tertiary/aromatic N) is 1. The maximum Gasteiger partial charge on any atom is 0.251 e. The van der Waals surface area contributed by atoms with Gasteiger partial charge in [-0.2, -0.15) is 0 Å². The highest BCUT2D eigenvalue weighted by Gasteiger charge is 2.23. The van der Waals surface area contributed by atoms with Gasteiger partial charge in [-0.1, -0.05) is 24.3 Å². The number of carbonyl (C=O) groups is 1. The Morgan fingerprint density at radius 3 is 2.65 bits per heavy atom. The minimum Gasteiger partial charge on any atom is -0.376 e. The van der Waals surface area contributed by atoms with Crippen molar-refractivity contribution < 1.29 is 14.3 Å². The molecule has 1 fully saturated rings. The van der Waals surface area contributed by atoms with Crippen LogP contribution < -0.4 is 5.32 Å². The van der Waals surface area contributed by atoms with Gasteiger partial charge < -0.3 is 14.8 Å². The number of hydrogen-bond donors (Lipinski definition) is 1. The fraction of sp³-hybridized carbons (Fsp3) is 0.533. The predicted octanol–water partition coefficient (Wildman–Crippen LogP) is 0.534. The minimum absolute atomic E-state index is 0.0681. The second-order valence-corrected chi connectivity index (χ2v) is 5.20. The van der Waals surface area contributed by atoms with Crippen molar-refractivity contribution in [1.82, 2.24) is 10.2 Å². The van der Waals surface area contributed by atoms with Gasteiger partial charge in [0.05, 0.1) is 19.8 Å². The molecule has 0 aliphatic carbocycles. The normalized spacial score (nSPS) is 22.5. The lowest BCUT2D eigenvalue weighted by atomic mass is 10.1. The average Bonchev–Trinajstić information content (AvgIpc) is 2.90. The van der Waals surface area contributed by atoms with Crippen LogP contribution in [0.5, 0.6) is 0 Å². The van der Waals surface area contributed by atoms with Gasteiger partial charge in [-0.3, -0.25) is 9.69 Å². The highest BCUT2D eigenvalue weighted by molar-refractivity contribution is 5.80. The number of ether oxygens (including phenoxy) is 2. The van der Waals surface area contributed by atoms with Gasteiger partial charge in [0.1, 0.15) is 0 Å². The molecule has 0 spiro atoms. The standard InChI is InChI=1S/C15H20N2O3/c18-15(14-11-19-7-8-20-14)16-5-6-17-9-12-3-1-2-4-13(12)10-17/h1-4,14H,5-11H2,(H,16,18)/t14-/m0/s1. The summed E-state index contributed by atoms with van der Waals surface area (Å²) in [5, 5.41) is 2.92. The molecule has 1 saturated heterocycles. The topological polar surface area (TPSA) is 50.8 Å². The third-order valence-corrected chi connectivity index (χ3v) is 3.74. The zero-order valence-electron chi connectivity index (χ0n) is 11.5. The van der Waals surface area contributed by atoms with Crippen molar-refractivity contribution in [2.75, 3.05) is 32.9 Å². The van der Waals surface area contributed by atoms with Crippen LogP contribution in [-0.2, 0) is 27.4 Å². The number of nitrogens with one attached hydrogen (secondary N) is 1. The van der Waals surface area contributed by atoms with Gasteiger partial charge in [0.2, 0.25) is 0 Å². The van der Waals surface area contributed by atoms with E-state index in [4.69, 9.17) is 9.47 Å². The van der Waals surface area contributed by atoms with E-state index in [0.29, 0.717) is 26.4 Å². The number of fused-ring (bicyclic) bond motifs is 1. The highest BCUT2D eigenvalue weighted by atomic mass is 16.6. The van der Waals surface area contributed by atoms with Crippen LogP contribution in [0.15, 0.2) is 24.3 Å². The number of amides is 1. The molecular formula is C15H20N2O3. The van der Waals surface area contributed by atoms with Crippen LogP contribution in [0.1, 0.15) is 11.1 Å². The van der Waals surface area contributed by atoms with Gasteiger partial charge in [0.15, 0.2) is 6.10 Å². The molecule has 0 radical (unpaired) electrons. The molecular weight excluding hydrogens is 256 g/mol. The molecule has 5 nitrogen and oxygen atoms in total. The number of benzene rings is 1. The maximum atomic E-state index is 11.9. The van der Waals surface area contributed by atoms with Gasteiger partial charge in [-0.15, -0.1) is 0 Å². The first-order chi connectivity index (χ1) is 9.83. The maximum absolute atomic E-state index is 11.9. The van der Waals surface area contributed by atoms with Crippen LogP contribution in [0.2, 0.25) is 0 Å². The van der Waals surface area contributed by atoms with Gasteiger partial charge >= 0.3 is 0 Å². The molecule has 2 aliphatic rings. The molecule has 1 amide bonds. The first kappa shape index (κ1) is 13.5. The van der Waals surface area contributed by atoms with Crippen molar-refractivity contribution in [3.8, 4) is 0 Å². The summed E-state index contributed by atoms with van der Waals surface area (Å²) in [6, 6.07) is 8.48. The van der Waals surface area contributed by atoms with Crippen LogP contribution in [-0.4, -0.2) is 49.8 Å². The van der Waals surface area contributed by atoms with Crippen molar-refractivity contribution in [1.29, 1.82) is 0 Å². The summed E-state index contributed by atoms with van der Waals surface area (Å²) >= 11 is 0. The van der Waals surface area contributed by atoms with Gasteiger partial charge in [0.25, 0.3) is 5.91 Å². The van der Waals surface area contributed by atoms with E-state index in [9.17, 15) is 4.79 Å². The lowest BCUT2D eigenvalue weighted by Gasteiger charge is -2.22. The van der Waals surface area contributed by atoms with Crippen LogP contribution in [0.3, 0.4) is 0 Å². The van der Waals surface area contributed by atoms with Crippen molar-refractivity contribution in [2.45, 2.75) is 19.2 Å². The van der Waals surface area contributed by atoms with Crippen molar-refractivity contribution >= 4 is 5.91 Å². The Hall–Kier alpha value is -1.43. The molecule has 1 aromatic carbocycles. The van der Waals surface area contributed by atoms with Gasteiger partial charge in [0, 0.05) is 26.2 Å². The molecule has 0 unspecified atom stereocenters. The monoisotopic (exact) mass is 276 g/mol. The second-order valence-electron chi connectivity index (χ2n) is 5.20. The van der Waals surface area contributed by atoms with E-state index in [0.717, 1.165) is 19.6 Å². The zero-order valence-corrected chi connectivity index (χ0v) is 11.5. The molecule has 1 aromatic rings. The summed E-state index contributed by atoms with van der Waals surface area (Å²) in [6.45, 7) is 4.88. The molecule has 108 valence electrons. The Balaban J connectivity index is 1.39. The van der Waals surface area contributed by atoms with Crippen LogP contribution >= 0.6 is 0 Å². The molecule has 0 aromatic heterocycles. The van der Waals surface area contributed by atoms with E-state index in [2.05, 4.69) is 34.5 Å². The molecule has 20 heavy (non-hydrogen) atoms. The van der Waals surface area contributed by atoms with Crippen molar-refractivity contribution in [2.24, 2.45) is 0 Å². The molecule has 1 N–H and O–H groups in total. The molecule has 0 bridgehead atoms. The molecule has 2 aliphatic heterocycles. The summed E-state index contributed by atoms with van der Waals surface area (Å²) in [7, 11) is 0. The number of rotatable bonds is 4. The third kappa shape index (κ3) is 3.17. The Morgan fingerprint density at radius 2 is 2.00 bits per heavy atom. The summed E-state index contributed by atoms with van der Waals surface area (Å²) in [4.78, 5) is 14.2. The first-order valence-corrected chi connectivity index (χ1v) is 7.09. The Bertz CT molecular complexity index is 447. The summed E-state index contributed by atoms with van der Waals surface area (Å²) in [5.74, 6) is -0.0681. The molecule has 1 atom stereocenters. The lowest BCUT2D eigenvalue weighted by Crippen LogP contribution is -2.44. The smallest absolute Gasteiger partial charge is 0.251 e. The van der Waals surface area contributed by atoms with Crippen molar-refractivity contribution in [3.63, 3.8) is 0 Å². The second kappa shape index (κ2) is 6.35. The Morgan fingerprint density at radius 1 is 1.25 bits per heavy atom. The zero-order chi connectivity index (χ0) is 13.8. The first-order valence-electron chi connectivity index (χ1n) is 7.09. The van der Waals surface area contributed by atoms with E-state index in [-0.39, 0.29) is 5.91 Å². The van der Waals surface area contributed by atoms with Gasteiger partial charge in [-0.25, -0.2) is 0 Å². The van der Waals surface area contributed by atoms with Crippen LogP contribution in [0, 0.1) is 0 Å². The molecule has 5 heteroatoms. The average molecular weight is 276 g/mol. The summed E-state index contributed by atoms with van der Waals surface area (Å²) < 4.78 is 10.6. The van der Waals surface area contributed by atoms with Gasteiger partial charge in [-0.05, 0) is 11.1 Å². The van der Waals surface area contributed by atoms with E-state index in [1.807, 2.05) is 0 Å². The van der Waals surface area contributed by atoms with E-state index in [1.165, 1.54) is 11.1 Å². The molecule has 2 heterocycles. The number of carbonyl (C=O) groups excluding carboxylic acids is 1. The fourth-order valence-electron chi connectivity index (χ4n) is 2.65. The molecule has 0 saturated carbocycles. The Labute approximate surface area is 118 Å². The quantitative estimate of drug-likeness (QED) is 0.872. The number of hydrogen-bond acceptors (Lipinski definition) is 4. The summed E-state index contributed by atoms with van der Waals surface area (Å²) in [5.41, 5.74) is 2.78. The predicted molar refractivity (Wildman–Crippen MR) is 74.1 cm³/mol. The van der Waals surface area contributed by atoms with E-state index < -0.39 is 6.10 Å². The largest absolute Gasteiger partial charge is 0.376 e. The summed E-state index contributed by atoms with van der Waals surface area (Å²) in [6.07, 6.45) is -0.445. The van der Waals surface area contributed by atoms with Crippen LogP contribution in [0.4, 0.5) is 0 Å². The van der Waals surface area contributed by atoms with E-state index >= 15 is 0 Å². The Kier molecular flexibility index (Phi) is 4.30.